The van der Waals surface area contributed by atoms with Crippen molar-refractivity contribution in [1.82, 2.24) is 0 Å². The van der Waals surface area contributed by atoms with Crippen molar-refractivity contribution in [2.45, 2.75) is 65.3 Å². The van der Waals surface area contributed by atoms with E-state index < -0.39 is 29.6 Å². The molecule has 0 aromatic heterocycles. The smallest absolute Gasteiger partial charge is 0.468 e. The number of rotatable bonds is 13. The second-order valence-electron chi connectivity index (χ2n) is 7.93. The number of ether oxygens (including phenoxy) is 5. The molecule has 190 valence electrons. The fourth-order valence-electron chi connectivity index (χ4n) is 2.73. The molecule has 2 N–H and O–H groups in total. The molecule has 34 heavy (non-hydrogen) atoms. The monoisotopic (exact) mass is 481 g/mol. The van der Waals surface area contributed by atoms with Crippen LogP contribution < -0.4 is 15.2 Å². The van der Waals surface area contributed by atoms with Gasteiger partial charge in [0.15, 0.2) is 11.5 Å². The first-order chi connectivity index (χ1) is 16.1. The molecular formula is C24H35NO9. The van der Waals surface area contributed by atoms with Crippen LogP contribution in [0, 0.1) is 5.92 Å². The van der Waals surface area contributed by atoms with Crippen molar-refractivity contribution in [2.24, 2.45) is 11.7 Å². The van der Waals surface area contributed by atoms with Crippen molar-refractivity contribution in [1.29, 1.82) is 0 Å². The standard InChI is InChI=1S/C24H35NO9/c1-6-16(4)15-32-23(29)31-12-11-24(25,22(28)30-5)14-17-9-10-18(33-20(26)7-2)19(13-17)34-21(27)8-3/h9-10,13,16H,6-8,11-12,14-15,25H2,1-5H3/t16-,24?/m0/s1. The van der Waals surface area contributed by atoms with Crippen LogP contribution >= 0.6 is 0 Å². The molecule has 0 saturated heterocycles. The molecule has 1 unspecified atom stereocenters. The van der Waals surface area contributed by atoms with Crippen LogP contribution in [0.1, 0.15) is 58.9 Å². The second-order valence-corrected chi connectivity index (χ2v) is 7.93. The number of esters is 3. The zero-order chi connectivity index (χ0) is 25.7. The van der Waals surface area contributed by atoms with E-state index in [9.17, 15) is 19.2 Å². The molecule has 0 saturated carbocycles. The molecule has 1 aromatic rings. The average Bonchev–Trinajstić information content (AvgIpc) is 2.83. The summed E-state index contributed by atoms with van der Waals surface area (Å²) in [6.07, 6.45) is 0.185. The maximum absolute atomic E-state index is 12.5. The molecule has 0 spiro atoms. The van der Waals surface area contributed by atoms with Crippen molar-refractivity contribution in [3.63, 3.8) is 0 Å². The minimum Gasteiger partial charge on any atom is -0.468 e. The van der Waals surface area contributed by atoms with Crippen LogP contribution in [-0.4, -0.2) is 49.9 Å². The Kier molecular flexibility index (Phi) is 12.1. The summed E-state index contributed by atoms with van der Waals surface area (Å²) in [6, 6.07) is 4.52. The first kappa shape index (κ1) is 28.9. The quantitative estimate of drug-likeness (QED) is 0.329. The summed E-state index contributed by atoms with van der Waals surface area (Å²) in [6.45, 7) is 7.24. The number of carbonyl (C=O) groups excluding carboxylic acids is 4. The van der Waals surface area contributed by atoms with Crippen molar-refractivity contribution in [3.8, 4) is 11.5 Å². The third-order valence-electron chi connectivity index (χ3n) is 5.10. The van der Waals surface area contributed by atoms with Crippen molar-refractivity contribution in [3.05, 3.63) is 23.8 Å². The number of methoxy groups -OCH3 is 1. The molecule has 0 heterocycles. The van der Waals surface area contributed by atoms with Gasteiger partial charge < -0.3 is 29.4 Å². The van der Waals surface area contributed by atoms with E-state index in [0.717, 1.165) is 6.42 Å². The summed E-state index contributed by atoms with van der Waals surface area (Å²) in [5.41, 5.74) is 5.31. The predicted octanol–water partition coefficient (Wildman–Crippen LogP) is 3.32. The molecule has 2 atom stereocenters. The molecule has 0 aliphatic carbocycles. The van der Waals surface area contributed by atoms with Crippen LogP contribution in [0.25, 0.3) is 0 Å². The Morgan fingerprint density at radius 2 is 1.59 bits per heavy atom. The molecule has 0 bridgehead atoms. The lowest BCUT2D eigenvalue weighted by Crippen LogP contribution is -2.51. The van der Waals surface area contributed by atoms with Gasteiger partial charge >= 0.3 is 24.1 Å². The first-order valence-electron chi connectivity index (χ1n) is 11.3. The Labute approximate surface area is 200 Å². The van der Waals surface area contributed by atoms with E-state index in [-0.39, 0.29) is 56.3 Å². The number of nitrogens with two attached hydrogens (primary N) is 1. The van der Waals surface area contributed by atoms with Gasteiger partial charge in [-0.3, -0.25) is 14.4 Å². The van der Waals surface area contributed by atoms with E-state index in [1.165, 1.54) is 19.2 Å². The van der Waals surface area contributed by atoms with Crippen molar-refractivity contribution >= 4 is 24.1 Å². The predicted molar refractivity (Wildman–Crippen MR) is 122 cm³/mol. The summed E-state index contributed by atoms with van der Waals surface area (Å²) in [7, 11) is 1.20. The number of benzene rings is 1. The van der Waals surface area contributed by atoms with Crippen LogP contribution in [0.2, 0.25) is 0 Å². The molecule has 10 heteroatoms. The highest BCUT2D eigenvalue weighted by Gasteiger charge is 2.36. The fourth-order valence-corrected chi connectivity index (χ4v) is 2.73. The van der Waals surface area contributed by atoms with Crippen LogP contribution in [0.5, 0.6) is 11.5 Å². The Hall–Kier alpha value is -3.14. The summed E-state index contributed by atoms with van der Waals surface area (Å²) < 4.78 is 25.4. The normalized spacial score (nSPS) is 13.2. The summed E-state index contributed by atoms with van der Waals surface area (Å²) in [4.78, 5) is 47.8. The molecule has 0 aliphatic rings. The third-order valence-corrected chi connectivity index (χ3v) is 5.10. The maximum atomic E-state index is 12.5. The number of carbonyl (C=O) groups is 4. The topological polar surface area (TPSA) is 140 Å². The van der Waals surface area contributed by atoms with Crippen LogP contribution in [-0.2, 0) is 35.0 Å². The van der Waals surface area contributed by atoms with Gasteiger partial charge in [0.05, 0.1) is 20.3 Å². The van der Waals surface area contributed by atoms with Gasteiger partial charge in [-0.05, 0) is 23.6 Å². The van der Waals surface area contributed by atoms with Gasteiger partial charge in [0.25, 0.3) is 0 Å². The molecule has 10 nitrogen and oxygen atoms in total. The maximum Gasteiger partial charge on any atom is 0.508 e. The molecule has 0 amide bonds. The van der Waals surface area contributed by atoms with Gasteiger partial charge in [0, 0.05) is 25.7 Å². The molecule has 1 rings (SSSR count). The Morgan fingerprint density at radius 3 is 2.15 bits per heavy atom. The van der Waals surface area contributed by atoms with Gasteiger partial charge in [-0.25, -0.2) is 4.79 Å². The van der Waals surface area contributed by atoms with E-state index in [2.05, 4.69) is 0 Å². The highest BCUT2D eigenvalue weighted by molar-refractivity contribution is 5.81. The van der Waals surface area contributed by atoms with Crippen LogP contribution in [0.3, 0.4) is 0 Å². The average molecular weight is 482 g/mol. The summed E-state index contributed by atoms with van der Waals surface area (Å²) >= 11 is 0. The highest BCUT2D eigenvalue weighted by atomic mass is 16.7. The van der Waals surface area contributed by atoms with Gasteiger partial charge in [0.2, 0.25) is 0 Å². The van der Waals surface area contributed by atoms with Gasteiger partial charge in [-0.15, -0.1) is 0 Å². The zero-order valence-corrected chi connectivity index (χ0v) is 20.5. The molecule has 1 aromatic carbocycles. The Morgan fingerprint density at radius 1 is 0.971 bits per heavy atom. The van der Waals surface area contributed by atoms with Crippen LogP contribution in [0.4, 0.5) is 4.79 Å². The van der Waals surface area contributed by atoms with Gasteiger partial charge in [-0.1, -0.05) is 40.2 Å². The van der Waals surface area contributed by atoms with Gasteiger partial charge in [-0.2, -0.15) is 0 Å². The van der Waals surface area contributed by atoms with Crippen molar-refractivity contribution in [2.75, 3.05) is 20.3 Å². The minimum absolute atomic E-state index is 0.0242. The third kappa shape index (κ3) is 9.38. The molecule has 0 aliphatic heterocycles. The van der Waals surface area contributed by atoms with Crippen LogP contribution in [0.15, 0.2) is 18.2 Å². The minimum atomic E-state index is -1.54. The SMILES string of the molecule is CCC(=O)Oc1ccc(CC(N)(CCOC(=O)OC[C@@H](C)CC)C(=O)OC)cc1OC(=O)CC. The van der Waals surface area contributed by atoms with E-state index in [1.807, 2.05) is 13.8 Å². The van der Waals surface area contributed by atoms with E-state index in [4.69, 9.17) is 29.4 Å². The molecule has 0 fully saturated rings. The van der Waals surface area contributed by atoms with E-state index in [1.54, 1.807) is 19.9 Å². The first-order valence-corrected chi connectivity index (χ1v) is 11.3. The lowest BCUT2D eigenvalue weighted by molar-refractivity contribution is -0.147. The Balaban J connectivity index is 2.99. The number of hydrogen-bond donors (Lipinski definition) is 1. The molecule has 0 radical (unpaired) electrons. The highest BCUT2D eigenvalue weighted by Crippen LogP contribution is 2.31. The largest absolute Gasteiger partial charge is 0.508 e. The fraction of sp³-hybridized carbons (Fsp3) is 0.583. The van der Waals surface area contributed by atoms with Crippen molar-refractivity contribution < 1.29 is 42.9 Å². The molecular weight excluding hydrogens is 446 g/mol. The zero-order valence-electron chi connectivity index (χ0n) is 20.5. The Bertz CT molecular complexity index is 855. The van der Waals surface area contributed by atoms with E-state index >= 15 is 0 Å². The lowest BCUT2D eigenvalue weighted by Gasteiger charge is -2.26. The van der Waals surface area contributed by atoms with Gasteiger partial charge in [0.1, 0.15) is 5.54 Å². The lowest BCUT2D eigenvalue weighted by atomic mass is 9.88. The number of hydrogen-bond acceptors (Lipinski definition) is 10. The summed E-state index contributed by atoms with van der Waals surface area (Å²) in [5, 5.41) is 0. The van der Waals surface area contributed by atoms with E-state index in [0.29, 0.717) is 5.56 Å². The second kappa shape index (κ2) is 14.2. The summed E-state index contributed by atoms with van der Waals surface area (Å²) in [5.74, 6) is -1.43.